The fourth-order valence-corrected chi connectivity index (χ4v) is 2.62. The minimum atomic E-state index is -1.62. The average molecular weight is 361 g/mol. The number of nitro groups is 1. The van der Waals surface area contributed by atoms with Gasteiger partial charge in [-0.25, -0.2) is 9.59 Å². The number of nitrogens with zero attached hydrogens (tertiary/aromatic N) is 2. The molecule has 0 saturated carbocycles. The molecule has 26 heavy (non-hydrogen) atoms. The lowest BCUT2D eigenvalue weighted by molar-refractivity contribution is -0.385. The van der Waals surface area contributed by atoms with Gasteiger partial charge in [0.15, 0.2) is 11.3 Å². The van der Waals surface area contributed by atoms with Crippen molar-refractivity contribution < 1.29 is 24.0 Å². The molecule has 1 aromatic carbocycles. The van der Waals surface area contributed by atoms with E-state index in [0.29, 0.717) is 0 Å². The van der Waals surface area contributed by atoms with E-state index in [0.717, 1.165) is 0 Å². The van der Waals surface area contributed by atoms with Crippen LogP contribution in [0.25, 0.3) is 0 Å². The number of rotatable bonds is 7. The highest BCUT2D eigenvalue weighted by Crippen LogP contribution is 2.32. The van der Waals surface area contributed by atoms with Crippen molar-refractivity contribution in [2.45, 2.75) is 25.8 Å². The van der Waals surface area contributed by atoms with Crippen LogP contribution in [0.15, 0.2) is 41.5 Å². The quantitative estimate of drug-likeness (QED) is 0.444. The third kappa shape index (κ3) is 3.41. The van der Waals surface area contributed by atoms with Gasteiger partial charge in [-0.2, -0.15) is 5.10 Å². The number of hydrogen-bond donors (Lipinski definition) is 1. The van der Waals surface area contributed by atoms with E-state index in [2.05, 4.69) is 17.1 Å². The maximum Gasteiger partial charge on any atom is 0.359 e. The Balaban J connectivity index is 2.44. The zero-order chi connectivity index (χ0) is 19.3. The van der Waals surface area contributed by atoms with E-state index in [1.807, 2.05) is 0 Å². The molecule has 0 amide bonds. The Morgan fingerprint density at radius 3 is 2.54 bits per heavy atom. The first-order valence-electron chi connectivity index (χ1n) is 7.98. The second-order valence-corrected chi connectivity index (χ2v) is 5.46. The van der Waals surface area contributed by atoms with Gasteiger partial charge < -0.3 is 9.47 Å². The van der Waals surface area contributed by atoms with Gasteiger partial charge in [0.1, 0.15) is 0 Å². The Bertz CT molecular complexity index is 788. The summed E-state index contributed by atoms with van der Waals surface area (Å²) in [6.45, 7) is 7.27. The van der Waals surface area contributed by atoms with Crippen molar-refractivity contribution in [2.75, 3.05) is 13.2 Å². The minimum Gasteiger partial charge on any atom is -0.464 e. The predicted octanol–water partition coefficient (Wildman–Crippen LogP) is 1.52. The van der Waals surface area contributed by atoms with E-state index in [9.17, 15) is 19.7 Å². The second-order valence-electron chi connectivity index (χ2n) is 5.46. The SMILES string of the molecule is C=C1C(C(=O)OCC)=NNC1(Cc1ccccc1[N+](=O)[O-])C(=O)OCC. The number of nitrogens with one attached hydrogen (secondary N) is 1. The molecule has 1 unspecified atom stereocenters. The van der Waals surface area contributed by atoms with Crippen LogP contribution in [-0.2, 0) is 25.5 Å². The molecule has 0 fully saturated rings. The number of esters is 2. The molecule has 1 atom stereocenters. The fraction of sp³-hybridized carbons (Fsp3) is 0.353. The van der Waals surface area contributed by atoms with E-state index in [1.165, 1.54) is 18.2 Å². The molecule has 0 radical (unpaired) electrons. The Morgan fingerprint density at radius 2 is 1.92 bits per heavy atom. The number of benzene rings is 1. The fourth-order valence-electron chi connectivity index (χ4n) is 2.62. The molecule has 9 nitrogen and oxygen atoms in total. The molecule has 1 N–H and O–H groups in total. The lowest BCUT2D eigenvalue weighted by Gasteiger charge is -2.27. The summed E-state index contributed by atoms with van der Waals surface area (Å²) in [7, 11) is 0. The highest BCUT2D eigenvalue weighted by atomic mass is 16.6. The molecule has 0 aliphatic carbocycles. The van der Waals surface area contributed by atoms with Crippen LogP contribution < -0.4 is 5.43 Å². The van der Waals surface area contributed by atoms with Crippen LogP contribution in [0, 0.1) is 10.1 Å². The molecule has 1 aromatic rings. The van der Waals surface area contributed by atoms with Gasteiger partial charge in [0.25, 0.3) is 5.69 Å². The van der Waals surface area contributed by atoms with Gasteiger partial charge in [0, 0.05) is 23.6 Å². The van der Waals surface area contributed by atoms with Crippen molar-refractivity contribution in [1.29, 1.82) is 0 Å². The number of para-hydroxylation sites is 1. The topological polar surface area (TPSA) is 120 Å². The van der Waals surface area contributed by atoms with E-state index in [4.69, 9.17) is 9.47 Å². The molecule has 0 bridgehead atoms. The summed E-state index contributed by atoms with van der Waals surface area (Å²) in [4.78, 5) is 35.4. The maximum absolute atomic E-state index is 12.6. The maximum atomic E-state index is 12.6. The first-order chi connectivity index (χ1) is 12.4. The van der Waals surface area contributed by atoms with Crippen LogP contribution in [0.2, 0.25) is 0 Å². The number of hydrazone groups is 1. The monoisotopic (exact) mass is 361 g/mol. The number of hydrogen-bond acceptors (Lipinski definition) is 8. The summed E-state index contributed by atoms with van der Waals surface area (Å²) in [5, 5.41) is 15.2. The normalized spacial score (nSPS) is 18.7. The molecule has 2 rings (SSSR count). The van der Waals surface area contributed by atoms with Crippen LogP contribution in [0.4, 0.5) is 5.69 Å². The first-order valence-corrected chi connectivity index (χ1v) is 7.98. The number of carbonyl (C=O) groups is 2. The van der Waals surface area contributed by atoms with Crippen LogP contribution in [0.3, 0.4) is 0 Å². The molecule has 0 saturated heterocycles. The standard InChI is InChI=1S/C17H19N3O6/c1-4-25-15(21)14-11(3)17(19-18-14,16(22)26-5-2)10-12-8-6-7-9-13(12)20(23)24/h6-9,19H,3-5,10H2,1-2H3. The van der Waals surface area contributed by atoms with Crippen molar-refractivity contribution in [3.8, 4) is 0 Å². The van der Waals surface area contributed by atoms with E-state index in [1.54, 1.807) is 19.9 Å². The Morgan fingerprint density at radius 1 is 1.27 bits per heavy atom. The molecule has 0 spiro atoms. The summed E-state index contributed by atoms with van der Waals surface area (Å²) in [5.74, 6) is -1.47. The lowest BCUT2D eigenvalue weighted by Crippen LogP contribution is -2.52. The zero-order valence-corrected chi connectivity index (χ0v) is 14.5. The number of ether oxygens (including phenoxy) is 2. The van der Waals surface area contributed by atoms with Crippen LogP contribution in [0.5, 0.6) is 0 Å². The lowest BCUT2D eigenvalue weighted by atomic mass is 9.83. The first kappa shape index (κ1) is 19.1. The minimum absolute atomic E-state index is 0.0487. The summed E-state index contributed by atoms with van der Waals surface area (Å²) in [6, 6.07) is 6.00. The third-order valence-corrected chi connectivity index (χ3v) is 3.90. The molecule has 0 aromatic heterocycles. The predicted molar refractivity (Wildman–Crippen MR) is 92.5 cm³/mol. The summed E-state index contributed by atoms with van der Waals surface area (Å²) >= 11 is 0. The van der Waals surface area contributed by atoms with Crippen molar-refractivity contribution >= 4 is 23.3 Å². The van der Waals surface area contributed by atoms with Gasteiger partial charge in [-0.05, 0) is 13.8 Å². The van der Waals surface area contributed by atoms with Crippen LogP contribution >= 0.6 is 0 Å². The van der Waals surface area contributed by atoms with Gasteiger partial charge in [-0.15, -0.1) is 0 Å². The Labute approximate surface area is 149 Å². The highest BCUT2D eigenvalue weighted by Gasteiger charge is 2.51. The van der Waals surface area contributed by atoms with Gasteiger partial charge in [-0.3, -0.25) is 15.5 Å². The Hall–Kier alpha value is -3.23. The summed E-state index contributed by atoms with van der Waals surface area (Å²) in [6.07, 6.45) is -0.159. The third-order valence-electron chi connectivity index (χ3n) is 3.90. The molecular weight excluding hydrogens is 342 g/mol. The van der Waals surface area contributed by atoms with Crippen molar-refractivity contribution in [2.24, 2.45) is 5.10 Å². The molecule has 9 heteroatoms. The van der Waals surface area contributed by atoms with Crippen LogP contribution in [-0.4, -0.2) is 41.3 Å². The molecule has 138 valence electrons. The molecular formula is C17H19N3O6. The highest BCUT2D eigenvalue weighted by molar-refractivity contribution is 6.45. The molecule has 1 aliphatic rings. The Kier molecular flexibility index (Phi) is 5.71. The van der Waals surface area contributed by atoms with Gasteiger partial charge in [0.05, 0.1) is 18.1 Å². The summed E-state index contributed by atoms with van der Waals surface area (Å²) < 4.78 is 10.0. The van der Waals surface area contributed by atoms with Crippen molar-refractivity contribution in [3.63, 3.8) is 0 Å². The second kappa shape index (κ2) is 7.77. The van der Waals surface area contributed by atoms with E-state index in [-0.39, 0.29) is 42.2 Å². The number of carbonyl (C=O) groups excluding carboxylic acids is 2. The van der Waals surface area contributed by atoms with E-state index < -0.39 is 22.4 Å². The summed E-state index contributed by atoms with van der Waals surface area (Å²) in [5.41, 5.74) is 1.01. The average Bonchev–Trinajstić information content (AvgIpc) is 2.93. The van der Waals surface area contributed by atoms with Crippen LogP contribution in [0.1, 0.15) is 19.4 Å². The van der Waals surface area contributed by atoms with Gasteiger partial charge >= 0.3 is 11.9 Å². The van der Waals surface area contributed by atoms with E-state index >= 15 is 0 Å². The van der Waals surface area contributed by atoms with Crippen molar-refractivity contribution in [1.82, 2.24) is 5.43 Å². The van der Waals surface area contributed by atoms with Gasteiger partial charge in [0.2, 0.25) is 0 Å². The molecule has 1 heterocycles. The molecule has 1 aliphatic heterocycles. The smallest absolute Gasteiger partial charge is 0.359 e. The van der Waals surface area contributed by atoms with Gasteiger partial charge in [-0.1, -0.05) is 24.8 Å². The number of nitro benzene ring substituents is 1. The van der Waals surface area contributed by atoms with Crippen molar-refractivity contribution in [3.05, 3.63) is 52.1 Å². The zero-order valence-electron chi connectivity index (χ0n) is 14.5. The largest absolute Gasteiger partial charge is 0.464 e.